The predicted octanol–water partition coefficient (Wildman–Crippen LogP) is -0.114. The summed E-state index contributed by atoms with van der Waals surface area (Å²) in [4.78, 5) is 16.2. The molecule has 94 valence electrons. The lowest BCUT2D eigenvalue weighted by molar-refractivity contribution is -0.153. The van der Waals surface area contributed by atoms with E-state index in [2.05, 4.69) is 10.1 Å². The van der Waals surface area contributed by atoms with Crippen molar-refractivity contribution in [1.29, 1.82) is 0 Å². The molecule has 1 aromatic heterocycles. The number of aromatic nitrogens is 3. The molecule has 1 heterocycles. The summed E-state index contributed by atoms with van der Waals surface area (Å²) in [5, 5.41) is 4.01. The summed E-state index contributed by atoms with van der Waals surface area (Å²) in [6.07, 6.45) is 4.05. The fourth-order valence-corrected chi connectivity index (χ4v) is 2.31. The number of hydrogen-bond donors (Lipinski definition) is 1. The van der Waals surface area contributed by atoms with Gasteiger partial charge in [0.2, 0.25) is 0 Å². The average Bonchev–Trinajstić information content (AvgIpc) is 3.11. The summed E-state index contributed by atoms with van der Waals surface area (Å²) in [5.41, 5.74) is 5.20. The third kappa shape index (κ3) is 2.04. The Morgan fingerprint density at radius 2 is 2.41 bits per heavy atom. The molecular formula is C11H18N4O2. The number of carbonyl (C=O) groups excluding carboxylic acids is 1. The van der Waals surface area contributed by atoms with Crippen molar-refractivity contribution < 1.29 is 9.53 Å². The van der Waals surface area contributed by atoms with E-state index >= 15 is 0 Å². The molecule has 1 aliphatic rings. The lowest BCUT2D eigenvalue weighted by Crippen LogP contribution is -2.44. The quantitative estimate of drug-likeness (QED) is 0.723. The van der Waals surface area contributed by atoms with E-state index in [1.807, 2.05) is 7.05 Å². The van der Waals surface area contributed by atoms with Gasteiger partial charge in [0.25, 0.3) is 0 Å². The first kappa shape index (κ1) is 12.0. The van der Waals surface area contributed by atoms with Crippen molar-refractivity contribution in [2.75, 3.05) is 13.7 Å². The van der Waals surface area contributed by atoms with Gasteiger partial charge in [-0.05, 0) is 18.8 Å². The molecule has 1 saturated carbocycles. The van der Waals surface area contributed by atoms with Gasteiger partial charge in [0.15, 0.2) is 0 Å². The summed E-state index contributed by atoms with van der Waals surface area (Å²) in [7, 11) is 3.22. The van der Waals surface area contributed by atoms with E-state index in [4.69, 9.17) is 10.5 Å². The Morgan fingerprint density at radius 3 is 2.82 bits per heavy atom. The van der Waals surface area contributed by atoms with Crippen LogP contribution in [0.2, 0.25) is 0 Å². The minimum absolute atomic E-state index is 0.231. The van der Waals surface area contributed by atoms with Gasteiger partial charge in [0, 0.05) is 20.0 Å². The first-order valence-electron chi connectivity index (χ1n) is 5.75. The minimum atomic E-state index is -0.629. The molecule has 2 rings (SSSR count). The SMILES string of the molecule is COC(=O)C(CN)(Cc1ncnn1C)C1CC1. The van der Waals surface area contributed by atoms with Crippen LogP contribution in [0.25, 0.3) is 0 Å². The maximum Gasteiger partial charge on any atom is 0.313 e. The zero-order valence-electron chi connectivity index (χ0n) is 10.2. The topological polar surface area (TPSA) is 83.0 Å². The Morgan fingerprint density at radius 1 is 1.71 bits per heavy atom. The number of carbonyl (C=O) groups is 1. The third-order valence-electron chi connectivity index (χ3n) is 3.59. The van der Waals surface area contributed by atoms with Crippen LogP contribution in [0.5, 0.6) is 0 Å². The highest BCUT2D eigenvalue weighted by atomic mass is 16.5. The second kappa shape index (κ2) is 4.44. The van der Waals surface area contributed by atoms with Gasteiger partial charge in [-0.15, -0.1) is 0 Å². The van der Waals surface area contributed by atoms with Crippen molar-refractivity contribution in [2.45, 2.75) is 19.3 Å². The van der Waals surface area contributed by atoms with Gasteiger partial charge in [-0.25, -0.2) is 4.98 Å². The molecule has 17 heavy (non-hydrogen) atoms. The van der Waals surface area contributed by atoms with Gasteiger partial charge in [-0.2, -0.15) is 5.10 Å². The van der Waals surface area contributed by atoms with Gasteiger partial charge in [0.05, 0.1) is 12.5 Å². The van der Waals surface area contributed by atoms with E-state index in [0.29, 0.717) is 12.3 Å². The van der Waals surface area contributed by atoms with Crippen LogP contribution in [-0.2, 0) is 23.0 Å². The summed E-state index contributed by atoms with van der Waals surface area (Å²) in [6.45, 7) is 0.289. The summed E-state index contributed by atoms with van der Waals surface area (Å²) in [5.74, 6) is 0.856. The monoisotopic (exact) mass is 238 g/mol. The number of ether oxygens (including phenoxy) is 1. The number of rotatable bonds is 5. The lowest BCUT2D eigenvalue weighted by atomic mass is 9.79. The van der Waals surface area contributed by atoms with Crippen molar-refractivity contribution >= 4 is 5.97 Å². The van der Waals surface area contributed by atoms with Crippen LogP contribution in [0.4, 0.5) is 0 Å². The number of hydrogen-bond acceptors (Lipinski definition) is 5. The molecule has 1 unspecified atom stereocenters. The standard InChI is InChI=1S/C11H18N4O2/c1-15-9(13-7-14-15)5-11(6-12,8-3-4-8)10(16)17-2/h7-8H,3-6,12H2,1-2H3. The summed E-state index contributed by atoms with van der Waals surface area (Å²) < 4.78 is 6.60. The van der Waals surface area contributed by atoms with E-state index in [0.717, 1.165) is 18.7 Å². The molecule has 2 N–H and O–H groups in total. The van der Waals surface area contributed by atoms with Crippen molar-refractivity contribution in [3.8, 4) is 0 Å². The molecule has 1 atom stereocenters. The van der Waals surface area contributed by atoms with Gasteiger partial charge in [-0.3, -0.25) is 9.48 Å². The normalized spacial score (nSPS) is 18.8. The highest BCUT2D eigenvalue weighted by molar-refractivity contribution is 5.78. The van der Waals surface area contributed by atoms with Crippen molar-refractivity contribution in [3.05, 3.63) is 12.2 Å². The zero-order chi connectivity index (χ0) is 12.5. The highest BCUT2D eigenvalue weighted by Gasteiger charge is 2.51. The van der Waals surface area contributed by atoms with E-state index in [9.17, 15) is 4.79 Å². The molecule has 0 spiro atoms. The van der Waals surface area contributed by atoms with Crippen LogP contribution in [-0.4, -0.2) is 34.4 Å². The Kier molecular flexibility index (Phi) is 3.15. The van der Waals surface area contributed by atoms with Crippen molar-refractivity contribution in [2.24, 2.45) is 24.1 Å². The maximum atomic E-state index is 12.0. The van der Waals surface area contributed by atoms with E-state index < -0.39 is 5.41 Å². The molecule has 0 aliphatic heterocycles. The molecule has 1 aliphatic carbocycles. The second-order valence-corrected chi connectivity index (χ2v) is 4.60. The van der Waals surface area contributed by atoms with Gasteiger partial charge >= 0.3 is 5.97 Å². The average molecular weight is 238 g/mol. The predicted molar refractivity (Wildman–Crippen MR) is 60.9 cm³/mol. The van der Waals surface area contributed by atoms with Crippen LogP contribution in [0, 0.1) is 11.3 Å². The number of nitrogens with zero attached hydrogens (tertiary/aromatic N) is 3. The molecule has 0 aromatic carbocycles. The van der Waals surface area contributed by atoms with Crippen molar-refractivity contribution in [1.82, 2.24) is 14.8 Å². The second-order valence-electron chi connectivity index (χ2n) is 4.60. The fourth-order valence-electron chi connectivity index (χ4n) is 2.31. The number of esters is 1. The third-order valence-corrected chi connectivity index (χ3v) is 3.59. The first-order chi connectivity index (χ1) is 8.14. The highest BCUT2D eigenvalue weighted by Crippen LogP contribution is 2.47. The van der Waals surface area contributed by atoms with Gasteiger partial charge in [-0.1, -0.05) is 0 Å². The largest absolute Gasteiger partial charge is 0.469 e. The lowest BCUT2D eigenvalue weighted by Gasteiger charge is -2.29. The van der Waals surface area contributed by atoms with Crippen LogP contribution in [0.15, 0.2) is 6.33 Å². The Hall–Kier alpha value is -1.43. The minimum Gasteiger partial charge on any atom is -0.469 e. The Balaban J connectivity index is 2.27. The fraction of sp³-hybridized carbons (Fsp3) is 0.727. The molecule has 0 radical (unpaired) electrons. The van der Waals surface area contributed by atoms with Crippen molar-refractivity contribution in [3.63, 3.8) is 0 Å². The summed E-state index contributed by atoms with van der Waals surface area (Å²) in [6, 6.07) is 0. The van der Waals surface area contributed by atoms with E-state index in [1.165, 1.54) is 13.4 Å². The number of nitrogens with two attached hydrogens (primary N) is 1. The molecule has 0 amide bonds. The molecule has 1 fully saturated rings. The first-order valence-corrected chi connectivity index (χ1v) is 5.75. The molecule has 0 saturated heterocycles. The molecule has 6 nitrogen and oxygen atoms in total. The molecule has 6 heteroatoms. The number of methoxy groups -OCH3 is 1. The van der Waals surface area contributed by atoms with Crippen LogP contribution >= 0.6 is 0 Å². The van der Waals surface area contributed by atoms with Crippen LogP contribution in [0.1, 0.15) is 18.7 Å². The molecular weight excluding hydrogens is 220 g/mol. The van der Waals surface area contributed by atoms with Crippen LogP contribution < -0.4 is 5.73 Å². The summed E-state index contributed by atoms with van der Waals surface area (Å²) >= 11 is 0. The zero-order valence-corrected chi connectivity index (χ0v) is 10.2. The van der Waals surface area contributed by atoms with Crippen LogP contribution in [0.3, 0.4) is 0 Å². The Bertz CT molecular complexity index is 413. The molecule has 1 aromatic rings. The van der Waals surface area contributed by atoms with Gasteiger partial charge < -0.3 is 10.5 Å². The smallest absolute Gasteiger partial charge is 0.313 e. The maximum absolute atomic E-state index is 12.0. The Labute approximate surface area is 100 Å². The number of aryl methyl sites for hydroxylation is 1. The van der Waals surface area contributed by atoms with E-state index in [1.54, 1.807) is 4.68 Å². The van der Waals surface area contributed by atoms with E-state index in [-0.39, 0.29) is 12.5 Å². The molecule has 0 bridgehead atoms. The van der Waals surface area contributed by atoms with Gasteiger partial charge in [0.1, 0.15) is 12.2 Å².